The largest absolute Gasteiger partial charge is 0.490 e. The molecule has 10 nitrogen and oxygen atoms in total. The molecule has 0 aliphatic rings. The van der Waals surface area contributed by atoms with Crippen LogP contribution >= 0.6 is 0 Å². The number of nitrogens with zero attached hydrogens (tertiary/aromatic N) is 2. The Morgan fingerprint density at radius 1 is 0.889 bits per heavy atom. The maximum atomic E-state index is 11.3. The summed E-state index contributed by atoms with van der Waals surface area (Å²) in [5.41, 5.74) is 0.427. The van der Waals surface area contributed by atoms with Gasteiger partial charge in [0.25, 0.3) is 0 Å². The number of carbonyl (C=O) groups is 3. The zero-order valence-electron chi connectivity index (χ0n) is 15.8. The van der Waals surface area contributed by atoms with E-state index >= 15 is 0 Å². The van der Waals surface area contributed by atoms with E-state index in [2.05, 4.69) is 24.4 Å². The van der Waals surface area contributed by atoms with E-state index in [0.29, 0.717) is 24.5 Å². The SMILES string of the molecule is CCOC(=O)N=NC(=O)OCC.COCCOc1ccccc1C(=O)OC. The number of azo groups is 1. The minimum absolute atomic E-state index is 0.195. The van der Waals surface area contributed by atoms with Crippen LogP contribution < -0.4 is 4.74 Å². The zero-order chi connectivity index (χ0) is 20.5. The Labute approximate surface area is 157 Å². The van der Waals surface area contributed by atoms with Gasteiger partial charge in [-0.1, -0.05) is 22.4 Å². The fourth-order valence-electron chi connectivity index (χ4n) is 1.49. The van der Waals surface area contributed by atoms with E-state index in [9.17, 15) is 14.4 Å². The van der Waals surface area contributed by atoms with Crippen molar-refractivity contribution in [2.75, 3.05) is 40.6 Å². The number of esters is 1. The molecule has 0 aromatic heterocycles. The molecule has 1 aromatic carbocycles. The predicted octanol–water partition coefficient (Wildman–Crippen LogP) is 3.25. The molecule has 150 valence electrons. The van der Waals surface area contributed by atoms with Gasteiger partial charge in [0, 0.05) is 7.11 Å². The standard InChI is InChI=1S/C11H14O4.C6H10N2O4/c1-13-7-8-15-10-6-4-3-5-9(10)11(12)14-2;1-3-11-5(9)7-8-6(10)12-4-2/h3-6H,7-8H2,1-2H3;3-4H2,1-2H3. The van der Waals surface area contributed by atoms with Gasteiger partial charge in [0.2, 0.25) is 0 Å². The number of hydrogen-bond donors (Lipinski definition) is 0. The third-order valence-corrected chi connectivity index (χ3v) is 2.59. The van der Waals surface area contributed by atoms with Gasteiger partial charge in [-0.2, -0.15) is 0 Å². The Bertz CT molecular complexity index is 599. The van der Waals surface area contributed by atoms with Crippen molar-refractivity contribution in [3.8, 4) is 5.75 Å². The number of ether oxygens (including phenoxy) is 5. The van der Waals surface area contributed by atoms with Gasteiger partial charge in [-0.05, 0) is 26.0 Å². The second-order valence-electron chi connectivity index (χ2n) is 4.43. The van der Waals surface area contributed by atoms with Crippen molar-refractivity contribution in [1.82, 2.24) is 0 Å². The normalized spacial score (nSPS) is 9.78. The Balaban J connectivity index is 0.000000516. The maximum Gasteiger partial charge on any atom is 0.452 e. The second kappa shape index (κ2) is 15.3. The molecule has 1 aromatic rings. The van der Waals surface area contributed by atoms with Crippen molar-refractivity contribution < 1.29 is 38.1 Å². The first-order valence-corrected chi connectivity index (χ1v) is 8.04. The summed E-state index contributed by atoms with van der Waals surface area (Å²) in [5, 5.41) is 5.84. The summed E-state index contributed by atoms with van der Waals surface area (Å²) in [6.45, 7) is 4.52. The van der Waals surface area contributed by atoms with E-state index in [1.165, 1.54) is 7.11 Å². The first-order valence-electron chi connectivity index (χ1n) is 8.04. The third-order valence-electron chi connectivity index (χ3n) is 2.59. The van der Waals surface area contributed by atoms with Crippen molar-refractivity contribution in [2.24, 2.45) is 10.2 Å². The fraction of sp³-hybridized carbons (Fsp3) is 0.471. The molecule has 0 saturated heterocycles. The van der Waals surface area contributed by atoms with E-state index in [1.54, 1.807) is 45.2 Å². The van der Waals surface area contributed by atoms with Crippen LogP contribution in [0.5, 0.6) is 5.75 Å². The van der Waals surface area contributed by atoms with E-state index in [1.807, 2.05) is 0 Å². The number of methoxy groups -OCH3 is 2. The van der Waals surface area contributed by atoms with Gasteiger partial charge in [-0.15, -0.1) is 0 Å². The third kappa shape index (κ3) is 11.3. The molecule has 0 N–H and O–H groups in total. The smallest absolute Gasteiger partial charge is 0.452 e. The number of para-hydroxylation sites is 1. The summed E-state index contributed by atoms with van der Waals surface area (Å²) in [6.07, 6.45) is -1.80. The highest BCUT2D eigenvalue weighted by Crippen LogP contribution is 2.18. The first-order chi connectivity index (χ1) is 13.0. The van der Waals surface area contributed by atoms with Crippen LogP contribution in [0.3, 0.4) is 0 Å². The average Bonchev–Trinajstić information content (AvgIpc) is 2.67. The Morgan fingerprint density at radius 2 is 1.44 bits per heavy atom. The molecule has 2 amide bonds. The Hall–Kier alpha value is -3.01. The van der Waals surface area contributed by atoms with Crippen LogP contribution in [0.1, 0.15) is 24.2 Å². The highest BCUT2D eigenvalue weighted by Gasteiger charge is 2.11. The summed E-state index contributed by atoms with van der Waals surface area (Å²) in [6, 6.07) is 6.94. The monoisotopic (exact) mass is 384 g/mol. The molecule has 1 rings (SSSR count). The van der Waals surface area contributed by atoms with Crippen molar-refractivity contribution in [3.05, 3.63) is 29.8 Å². The molecule has 0 saturated carbocycles. The number of amides is 2. The first kappa shape index (κ1) is 24.0. The summed E-state index contributed by atoms with van der Waals surface area (Å²) in [4.78, 5) is 32.3. The second-order valence-corrected chi connectivity index (χ2v) is 4.43. The van der Waals surface area contributed by atoms with Crippen molar-refractivity contribution in [1.29, 1.82) is 0 Å². The van der Waals surface area contributed by atoms with E-state index in [4.69, 9.17) is 9.47 Å². The molecular weight excluding hydrogens is 360 g/mol. The van der Waals surface area contributed by atoms with Crippen molar-refractivity contribution >= 4 is 18.2 Å². The number of carbonyl (C=O) groups excluding carboxylic acids is 3. The minimum atomic E-state index is -0.898. The van der Waals surface area contributed by atoms with Crippen LogP contribution in [-0.2, 0) is 18.9 Å². The number of benzene rings is 1. The minimum Gasteiger partial charge on any atom is -0.490 e. The van der Waals surface area contributed by atoms with Gasteiger partial charge < -0.3 is 23.7 Å². The summed E-state index contributed by atoms with van der Waals surface area (Å²) in [7, 11) is 2.93. The van der Waals surface area contributed by atoms with Crippen LogP contribution in [0.15, 0.2) is 34.5 Å². The predicted molar refractivity (Wildman–Crippen MR) is 94.1 cm³/mol. The molecular formula is C17H24N2O8. The van der Waals surface area contributed by atoms with Crippen LogP contribution in [0.2, 0.25) is 0 Å². The number of rotatable bonds is 7. The maximum absolute atomic E-state index is 11.3. The molecule has 0 bridgehead atoms. The molecule has 10 heteroatoms. The number of hydrogen-bond acceptors (Lipinski definition) is 8. The van der Waals surface area contributed by atoms with Crippen LogP contribution in [0.25, 0.3) is 0 Å². The molecule has 0 unspecified atom stereocenters. The molecule has 0 aliphatic carbocycles. The van der Waals surface area contributed by atoms with E-state index < -0.39 is 18.2 Å². The van der Waals surface area contributed by atoms with Gasteiger partial charge in [0.1, 0.15) is 17.9 Å². The lowest BCUT2D eigenvalue weighted by Gasteiger charge is -2.09. The van der Waals surface area contributed by atoms with Crippen LogP contribution in [0, 0.1) is 0 Å². The average molecular weight is 384 g/mol. The van der Waals surface area contributed by atoms with Gasteiger partial charge in [-0.25, -0.2) is 14.4 Å². The summed E-state index contributed by atoms with van der Waals surface area (Å²) in [5.74, 6) is 0.115. The van der Waals surface area contributed by atoms with E-state index in [0.717, 1.165) is 0 Å². The van der Waals surface area contributed by atoms with Crippen LogP contribution in [-0.4, -0.2) is 58.8 Å². The van der Waals surface area contributed by atoms with Crippen molar-refractivity contribution in [2.45, 2.75) is 13.8 Å². The van der Waals surface area contributed by atoms with Crippen molar-refractivity contribution in [3.63, 3.8) is 0 Å². The van der Waals surface area contributed by atoms with Gasteiger partial charge in [0.15, 0.2) is 0 Å². The molecule has 0 heterocycles. The molecule has 0 spiro atoms. The quantitative estimate of drug-likeness (QED) is 0.304. The highest BCUT2D eigenvalue weighted by atomic mass is 16.6. The molecule has 0 aliphatic heterocycles. The topological polar surface area (TPSA) is 122 Å². The van der Waals surface area contributed by atoms with Gasteiger partial charge in [-0.3, -0.25) is 0 Å². The van der Waals surface area contributed by atoms with E-state index in [-0.39, 0.29) is 13.2 Å². The Kier molecular flexibility index (Phi) is 13.6. The van der Waals surface area contributed by atoms with Gasteiger partial charge >= 0.3 is 18.2 Å². The highest BCUT2D eigenvalue weighted by molar-refractivity contribution is 5.92. The molecule has 0 radical (unpaired) electrons. The molecule has 27 heavy (non-hydrogen) atoms. The lowest BCUT2D eigenvalue weighted by molar-refractivity contribution is 0.0593. The zero-order valence-corrected chi connectivity index (χ0v) is 15.8. The molecule has 0 atom stereocenters. The van der Waals surface area contributed by atoms with Gasteiger partial charge in [0.05, 0.1) is 26.9 Å². The molecule has 0 fully saturated rings. The lowest BCUT2D eigenvalue weighted by Crippen LogP contribution is -2.09. The van der Waals surface area contributed by atoms with Crippen LogP contribution in [0.4, 0.5) is 9.59 Å². The fourth-order valence-corrected chi connectivity index (χ4v) is 1.49. The lowest BCUT2D eigenvalue weighted by atomic mass is 10.2. The summed E-state index contributed by atoms with van der Waals surface area (Å²) >= 11 is 0. The summed E-state index contributed by atoms with van der Waals surface area (Å²) < 4.78 is 23.6. The Morgan fingerprint density at radius 3 is 1.93 bits per heavy atom.